The van der Waals surface area contributed by atoms with Gasteiger partial charge in [-0.15, -0.1) is 0 Å². The molecule has 1 aromatic rings. The predicted molar refractivity (Wildman–Crippen MR) is 75.8 cm³/mol. The van der Waals surface area contributed by atoms with Gasteiger partial charge in [0.05, 0.1) is 0 Å². The van der Waals surface area contributed by atoms with Gasteiger partial charge in [0, 0.05) is 30.6 Å². The summed E-state index contributed by atoms with van der Waals surface area (Å²) in [6.07, 6.45) is 0.505. The standard InChI is InChI=1S/C14H21ClN2O/c1-10(2)17-14(18)6-7-16-9-12-4-5-13(15)8-11(12)3/h4-5,8,10,16H,6-7,9H2,1-3H3,(H,17,18). The molecule has 0 radical (unpaired) electrons. The Morgan fingerprint density at radius 3 is 2.72 bits per heavy atom. The van der Waals surface area contributed by atoms with E-state index >= 15 is 0 Å². The van der Waals surface area contributed by atoms with Gasteiger partial charge in [0.25, 0.3) is 0 Å². The van der Waals surface area contributed by atoms with Gasteiger partial charge in [0.1, 0.15) is 0 Å². The van der Waals surface area contributed by atoms with Crippen molar-refractivity contribution in [3.05, 3.63) is 34.3 Å². The highest BCUT2D eigenvalue weighted by Crippen LogP contribution is 2.14. The van der Waals surface area contributed by atoms with Crippen molar-refractivity contribution in [3.8, 4) is 0 Å². The van der Waals surface area contributed by atoms with E-state index in [1.807, 2.05) is 39.0 Å². The molecule has 1 aromatic carbocycles. The maximum Gasteiger partial charge on any atom is 0.221 e. The topological polar surface area (TPSA) is 41.1 Å². The zero-order valence-electron chi connectivity index (χ0n) is 11.2. The molecule has 0 unspecified atom stereocenters. The van der Waals surface area contributed by atoms with E-state index in [9.17, 15) is 4.79 Å². The number of hydrogen-bond donors (Lipinski definition) is 2. The normalized spacial score (nSPS) is 10.7. The monoisotopic (exact) mass is 268 g/mol. The van der Waals surface area contributed by atoms with Crippen LogP contribution >= 0.6 is 11.6 Å². The molecule has 100 valence electrons. The Bertz CT molecular complexity index is 405. The molecule has 18 heavy (non-hydrogen) atoms. The Morgan fingerprint density at radius 2 is 2.11 bits per heavy atom. The average molecular weight is 269 g/mol. The highest BCUT2D eigenvalue weighted by atomic mass is 35.5. The van der Waals surface area contributed by atoms with Crippen molar-refractivity contribution in [1.82, 2.24) is 10.6 Å². The van der Waals surface area contributed by atoms with Crippen LogP contribution in [0.4, 0.5) is 0 Å². The van der Waals surface area contributed by atoms with Crippen molar-refractivity contribution >= 4 is 17.5 Å². The van der Waals surface area contributed by atoms with Crippen LogP contribution in [0.1, 0.15) is 31.4 Å². The van der Waals surface area contributed by atoms with Gasteiger partial charge in [-0.3, -0.25) is 4.79 Å². The molecule has 0 aromatic heterocycles. The van der Waals surface area contributed by atoms with Gasteiger partial charge in [-0.1, -0.05) is 17.7 Å². The quantitative estimate of drug-likeness (QED) is 0.779. The summed E-state index contributed by atoms with van der Waals surface area (Å²) in [6, 6.07) is 6.05. The second kappa shape index (κ2) is 7.39. The molecule has 0 fully saturated rings. The Morgan fingerprint density at radius 1 is 1.39 bits per heavy atom. The second-order valence-electron chi connectivity index (χ2n) is 4.72. The molecule has 0 atom stereocenters. The van der Waals surface area contributed by atoms with E-state index in [2.05, 4.69) is 10.6 Å². The number of amides is 1. The summed E-state index contributed by atoms with van der Waals surface area (Å²) in [7, 11) is 0. The van der Waals surface area contributed by atoms with Crippen molar-refractivity contribution in [1.29, 1.82) is 0 Å². The third-order valence-electron chi connectivity index (χ3n) is 2.60. The third kappa shape index (κ3) is 5.52. The van der Waals surface area contributed by atoms with E-state index in [1.54, 1.807) is 0 Å². The first kappa shape index (κ1) is 15.0. The fraction of sp³-hybridized carbons (Fsp3) is 0.500. The first-order valence-corrected chi connectivity index (χ1v) is 6.62. The van der Waals surface area contributed by atoms with E-state index in [4.69, 9.17) is 11.6 Å². The maximum atomic E-state index is 11.4. The van der Waals surface area contributed by atoms with Gasteiger partial charge in [0.2, 0.25) is 5.91 Å². The van der Waals surface area contributed by atoms with Gasteiger partial charge in [-0.25, -0.2) is 0 Å². The summed E-state index contributed by atoms with van der Waals surface area (Å²) < 4.78 is 0. The number of rotatable bonds is 6. The van der Waals surface area contributed by atoms with Crippen LogP contribution < -0.4 is 10.6 Å². The molecule has 3 nitrogen and oxygen atoms in total. The molecule has 0 saturated carbocycles. The zero-order chi connectivity index (χ0) is 13.5. The SMILES string of the molecule is Cc1cc(Cl)ccc1CNCCC(=O)NC(C)C. The van der Waals surface area contributed by atoms with Crippen molar-refractivity contribution < 1.29 is 4.79 Å². The number of carbonyl (C=O) groups excluding carboxylic acids is 1. The second-order valence-corrected chi connectivity index (χ2v) is 5.16. The maximum absolute atomic E-state index is 11.4. The van der Waals surface area contributed by atoms with Crippen LogP contribution in [0.5, 0.6) is 0 Å². The molecular weight excluding hydrogens is 248 g/mol. The van der Waals surface area contributed by atoms with Crippen LogP contribution in [0.2, 0.25) is 5.02 Å². The lowest BCUT2D eigenvalue weighted by molar-refractivity contribution is -0.121. The van der Waals surface area contributed by atoms with E-state index in [1.165, 1.54) is 11.1 Å². The van der Waals surface area contributed by atoms with Crippen LogP contribution in [0.15, 0.2) is 18.2 Å². The fourth-order valence-corrected chi connectivity index (χ4v) is 1.90. The summed E-state index contributed by atoms with van der Waals surface area (Å²) >= 11 is 5.89. The van der Waals surface area contributed by atoms with Crippen LogP contribution in [0.3, 0.4) is 0 Å². The predicted octanol–water partition coefficient (Wildman–Crippen LogP) is 2.65. The summed E-state index contributed by atoms with van der Waals surface area (Å²) in [6.45, 7) is 7.40. The van der Waals surface area contributed by atoms with Crippen molar-refractivity contribution in [2.24, 2.45) is 0 Å². The van der Waals surface area contributed by atoms with E-state index in [0.29, 0.717) is 13.0 Å². The molecule has 1 rings (SSSR count). The average Bonchev–Trinajstić information content (AvgIpc) is 2.25. The molecule has 0 saturated heterocycles. The molecule has 0 spiro atoms. The summed E-state index contributed by atoms with van der Waals surface area (Å²) in [5.74, 6) is 0.0883. The number of nitrogens with one attached hydrogen (secondary N) is 2. The zero-order valence-corrected chi connectivity index (χ0v) is 12.0. The van der Waals surface area contributed by atoms with E-state index in [-0.39, 0.29) is 11.9 Å². The Labute approximate surface area is 114 Å². The highest BCUT2D eigenvalue weighted by Gasteiger charge is 2.03. The first-order chi connectivity index (χ1) is 8.49. The first-order valence-electron chi connectivity index (χ1n) is 6.24. The number of hydrogen-bond acceptors (Lipinski definition) is 2. The largest absolute Gasteiger partial charge is 0.354 e. The minimum atomic E-state index is 0.0883. The van der Waals surface area contributed by atoms with Gasteiger partial charge in [-0.2, -0.15) is 0 Å². The summed E-state index contributed by atoms with van der Waals surface area (Å²) in [5, 5.41) is 6.88. The molecule has 0 aliphatic heterocycles. The molecular formula is C14H21ClN2O. The lowest BCUT2D eigenvalue weighted by atomic mass is 10.1. The fourth-order valence-electron chi connectivity index (χ4n) is 1.68. The van der Waals surface area contributed by atoms with Crippen LogP contribution in [0.25, 0.3) is 0 Å². The Balaban J connectivity index is 2.27. The molecule has 4 heteroatoms. The Hall–Kier alpha value is -1.06. The molecule has 0 aliphatic carbocycles. The number of benzene rings is 1. The number of carbonyl (C=O) groups is 1. The van der Waals surface area contributed by atoms with Gasteiger partial charge >= 0.3 is 0 Å². The van der Waals surface area contributed by atoms with Crippen molar-refractivity contribution in [2.45, 2.75) is 39.8 Å². The molecule has 1 amide bonds. The van der Waals surface area contributed by atoms with Gasteiger partial charge < -0.3 is 10.6 Å². The smallest absolute Gasteiger partial charge is 0.221 e. The lowest BCUT2D eigenvalue weighted by Crippen LogP contribution is -2.32. The minimum Gasteiger partial charge on any atom is -0.354 e. The van der Waals surface area contributed by atoms with Gasteiger partial charge in [0.15, 0.2) is 0 Å². The molecule has 0 bridgehead atoms. The lowest BCUT2D eigenvalue weighted by Gasteiger charge is -2.10. The van der Waals surface area contributed by atoms with E-state index < -0.39 is 0 Å². The molecule has 0 heterocycles. The minimum absolute atomic E-state index is 0.0883. The third-order valence-corrected chi connectivity index (χ3v) is 2.83. The number of aryl methyl sites for hydroxylation is 1. The van der Waals surface area contributed by atoms with Crippen LogP contribution in [-0.4, -0.2) is 18.5 Å². The van der Waals surface area contributed by atoms with Crippen LogP contribution in [0, 0.1) is 6.92 Å². The molecule has 0 aliphatic rings. The number of halogens is 1. The summed E-state index contributed by atoms with van der Waals surface area (Å²) in [5.41, 5.74) is 2.38. The summed E-state index contributed by atoms with van der Waals surface area (Å²) in [4.78, 5) is 11.4. The highest BCUT2D eigenvalue weighted by molar-refractivity contribution is 6.30. The van der Waals surface area contributed by atoms with E-state index in [0.717, 1.165) is 11.6 Å². The van der Waals surface area contributed by atoms with Gasteiger partial charge in [-0.05, 0) is 44.0 Å². The van der Waals surface area contributed by atoms with Crippen LogP contribution in [-0.2, 0) is 11.3 Å². The molecule has 2 N–H and O–H groups in total. The van der Waals surface area contributed by atoms with Crippen molar-refractivity contribution in [3.63, 3.8) is 0 Å². The van der Waals surface area contributed by atoms with Crippen molar-refractivity contribution in [2.75, 3.05) is 6.54 Å². The Kier molecular flexibility index (Phi) is 6.16.